The molecule has 0 heterocycles. The van der Waals surface area contributed by atoms with Gasteiger partial charge in [0, 0.05) is 17.7 Å². The molecule has 112 valence electrons. The summed E-state index contributed by atoms with van der Waals surface area (Å²) in [5, 5.41) is 0. The Hall–Kier alpha value is -2.32. The number of carbonyl (C=O) groups is 2. The molecule has 4 N–H and O–H groups in total. The van der Waals surface area contributed by atoms with Gasteiger partial charge in [-0.1, -0.05) is 31.8 Å². The molecule has 2 amide bonds. The number of benzene rings is 1. The van der Waals surface area contributed by atoms with Crippen LogP contribution in [0.5, 0.6) is 0 Å². The van der Waals surface area contributed by atoms with Crippen LogP contribution in [0.25, 0.3) is 0 Å². The van der Waals surface area contributed by atoms with Crippen LogP contribution in [-0.4, -0.2) is 36.3 Å². The molecule has 0 bridgehead atoms. The summed E-state index contributed by atoms with van der Waals surface area (Å²) in [7, 11) is 0. The first kappa shape index (κ1) is 16.7. The largest absolute Gasteiger partial charge is 0.368 e. The third-order valence-corrected chi connectivity index (χ3v) is 2.66. The fraction of sp³-hybridized carbons (Fsp3) is 0.375. The second-order valence-electron chi connectivity index (χ2n) is 5.13. The van der Waals surface area contributed by atoms with Crippen molar-refractivity contribution < 1.29 is 9.59 Å². The van der Waals surface area contributed by atoms with Gasteiger partial charge in [-0.15, -0.1) is 0 Å². The second kappa shape index (κ2) is 8.08. The van der Waals surface area contributed by atoms with Gasteiger partial charge in [-0.3, -0.25) is 9.59 Å². The van der Waals surface area contributed by atoms with Crippen molar-refractivity contribution in [3.05, 3.63) is 35.4 Å². The highest BCUT2D eigenvalue weighted by molar-refractivity contribution is 5.96. The maximum Gasteiger partial charge on any atom is 0.254 e. The summed E-state index contributed by atoms with van der Waals surface area (Å²) < 4.78 is 0. The predicted molar refractivity (Wildman–Crippen MR) is 82.3 cm³/mol. The molecule has 0 aromatic heterocycles. The van der Waals surface area contributed by atoms with Crippen LogP contribution in [0.1, 0.15) is 29.8 Å². The highest BCUT2D eigenvalue weighted by Gasteiger charge is 2.18. The monoisotopic (exact) mass is 287 g/mol. The number of carbonyl (C=O) groups excluding carboxylic acids is 2. The van der Waals surface area contributed by atoms with Crippen molar-refractivity contribution in [2.24, 2.45) is 17.4 Å². The predicted octanol–water partition coefficient (Wildman–Crippen LogP) is 0.580. The Morgan fingerprint density at radius 3 is 2.62 bits per heavy atom. The molecule has 0 aliphatic carbocycles. The van der Waals surface area contributed by atoms with Crippen LogP contribution in [0.15, 0.2) is 24.3 Å². The van der Waals surface area contributed by atoms with Gasteiger partial charge >= 0.3 is 0 Å². The minimum atomic E-state index is -0.525. The van der Waals surface area contributed by atoms with E-state index in [1.807, 2.05) is 13.8 Å². The Labute approximate surface area is 125 Å². The van der Waals surface area contributed by atoms with Crippen LogP contribution in [0.3, 0.4) is 0 Å². The van der Waals surface area contributed by atoms with Gasteiger partial charge in [-0.05, 0) is 24.1 Å². The quantitative estimate of drug-likeness (QED) is 0.776. The first-order valence-electron chi connectivity index (χ1n) is 6.80. The fourth-order valence-electron chi connectivity index (χ4n) is 1.91. The Morgan fingerprint density at radius 1 is 1.33 bits per heavy atom. The van der Waals surface area contributed by atoms with E-state index in [2.05, 4.69) is 11.8 Å². The summed E-state index contributed by atoms with van der Waals surface area (Å²) in [5.41, 5.74) is 11.7. The summed E-state index contributed by atoms with van der Waals surface area (Å²) >= 11 is 0. The van der Waals surface area contributed by atoms with E-state index >= 15 is 0 Å². The van der Waals surface area contributed by atoms with Crippen molar-refractivity contribution >= 4 is 11.8 Å². The average Bonchev–Trinajstić information content (AvgIpc) is 2.43. The number of amides is 2. The summed E-state index contributed by atoms with van der Waals surface area (Å²) in [5.74, 6) is 5.12. The molecule has 0 saturated heterocycles. The van der Waals surface area contributed by atoms with E-state index in [0.29, 0.717) is 12.1 Å². The van der Waals surface area contributed by atoms with Crippen LogP contribution in [0.4, 0.5) is 0 Å². The minimum absolute atomic E-state index is 0.0876. The second-order valence-corrected chi connectivity index (χ2v) is 5.13. The van der Waals surface area contributed by atoms with E-state index in [9.17, 15) is 9.59 Å². The summed E-state index contributed by atoms with van der Waals surface area (Å²) in [6, 6.07) is 6.95. The maximum absolute atomic E-state index is 12.5. The molecule has 0 radical (unpaired) electrons. The first-order valence-corrected chi connectivity index (χ1v) is 6.80. The molecule has 0 aliphatic heterocycles. The van der Waals surface area contributed by atoms with E-state index in [0.717, 1.165) is 5.56 Å². The number of hydrogen-bond acceptors (Lipinski definition) is 3. The molecule has 1 aromatic carbocycles. The van der Waals surface area contributed by atoms with Gasteiger partial charge in [0.2, 0.25) is 5.91 Å². The van der Waals surface area contributed by atoms with Crippen molar-refractivity contribution in [2.75, 3.05) is 19.6 Å². The third kappa shape index (κ3) is 5.67. The van der Waals surface area contributed by atoms with Gasteiger partial charge in [-0.2, -0.15) is 0 Å². The van der Waals surface area contributed by atoms with Gasteiger partial charge in [0.25, 0.3) is 5.91 Å². The lowest BCUT2D eigenvalue weighted by molar-refractivity contribution is -0.118. The average molecular weight is 287 g/mol. The van der Waals surface area contributed by atoms with Crippen molar-refractivity contribution in [2.45, 2.75) is 13.8 Å². The maximum atomic E-state index is 12.5. The van der Waals surface area contributed by atoms with Gasteiger partial charge in [0.1, 0.15) is 0 Å². The van der Waals surface area contributed by atoms with Crippen LogP contribution in [0, 0.1) is 17.8 Å². The molecular weight excluding hydrogens is 266 g/mol. The third-order valence-electron chi connectivity index (χ3n) is 2.66. The molecule has 0 saturated carbocycles. The Bertz CT molecular complexity index is 570. The Morgan fingerprint density at radius 2 is 2.05 bits per heavy atom. The summed E-state index contributed by atoms with van der Waals surface area (Å²) in [6.45, 7) is 4.60. The molecule has 1 aromatic rings. The van der Waals surface area contributed by atoms with Crippen molar-refractivity contribution in [1.82, 2.24) is 4.90 Å². The molecule has 5 nitrogen and oxygen atoms in total. The SMILES string of the molecule is CC(C)CN(CC(N)=O)C(=O)c1cccc(C#CCN)c1. The molecule has 0 spiro atoms. The standard InChI is InChI=1S/C16H21N3O2/c1-12(2)10-19(11-15(18)20)16(21)14-7-3-5-13(9-14)6-4-8-17/h3,5,7,9,12H,8,10-11,17H2,1-2H3,(H2,18,20). The first-order chi connectivity index (χ1) is 9.93. The molecule has 5 heteroatoms. The molecular formula is C16H21N3O2. The molecule has 0 atom stereocenters. The number of nitrogens with zero attached hydrogens (tertiary/aromatic N) is 1. The van der Waals surface area contributed by atoms with E-state index in [4.69, 9.17) is 11.5 Å². The Balaban J connectivity index is 2.99. The normalized spacial score (nSPS) is 9.90. The lowest BCUT2D eigenvalue weighted by atomic mass is 10.1. The molecule has 1 rings (SSSR count). The Kier molecular flexibility index (Phi) is 6.44. The van der Waals surface area contributed by atoms with Crippen LogP contribution in [-0.2, 0) is 4.79 Å². The zero-order chi connectivity index (χ0) is 15.8. The van der Waals surface area contributed by atoms with Gasteiger partial charge in [0.05, 0.1) is 13.1 Å². The molecule has 0 fully saturated rings. The summed E-state index contributed by atoms with van der Waals surface area (Å²) in [6.07, 6.45) is 0. The highest BCUT2D eigenvalue weighted by Crippen LogP contribution is 2.10. The smallest absolute Gasteiger partial charge is 0.254 e. The van der Waals surface area contributed by atoms with Crippen LogP contribution in [0.2, 0.25) is 0 Å². The van der Waals surface area contributed by atoms with Gasteiger partial charge < -0.3 is 16.4 Å². The molecule has 21 heavy (non-hydrogen) atoms. The van der Waals surface area contributed by atoms with E-state index in [1.54, 1.807) is 24.3 Å². The number of hydrogen-bond donors (Lipinski definition) is 2. The number of primary amides is 1. The van der Waals surface area contributed by atoms with Crippen molar-refractivity contribution in [3.8, 4) is 11.8 Å². The zero-order valence-corrected chi connectivity index (χ0v) is 12.4. The van der Waals surface area contributed by atoms with E-state index in [1.165, 1.54) is 4.90 Å². The van der Waals surface area contributed by atoms with E-state index < -0.39 is 5.91 Å². The number of nitrogens with two attached hydrogens (primary N) is 2. The van der Waals surface area contributed by atoms with Crippen LogP contribution >= 0.6 is 0 Å². The highest BCUT2D eigenvalue weighted by atomic mass is 16.2. The van der Waals surface area contributed by atoms with Crippen molar-refractivity contribution in [3.63, 3.8) is 0 Å². The molecule has 0 unspecified atom stereocenters. The topological polar surface area (TPSA) is 89.4 Å². The van der Waals surface area contributed by atoms with E-state index in [-0.39, 0.29) is 24.9 Å². The van der Waals surface area contributed by atoms with Crippen LogP contribution < -0.4 is 11.5 Å². The summed E-state index contributed by atoms with van der Waals surface area (Å²) in [4.78, 5) is 25.1. The minimum Gasteiger partial charge on any atom is -0.368 e. The fourth-order valence-corrected chi connectivity index (χ4v) is 1.91. The molecule has 0 aliphatic rings. The lowest BCUT2D eigenvalue weighted by Crippen LogP contribution is -2.40. The van der Waals surface area contributed by atoms with Gasteiger partial charge in [0.15, 0.2) is 0 Å². The number of rotatable bonds is 5. The van der Waals surface area contributed by atoms with Gasteiger partial charge in [-0.25, -0.2) is 0 Å². The zero-order valence-electron chi connectivity index (χ0n) is 12.4. The van der Waals surface area contributed by atoms with Crippen molar-refractivity contribution in [1.29, 1.82) is 0 Å². The lowest BCUT2D eigenvalue weighted by Gasteiger charge is -2.23.